The van der Waals surface area contributed by atoms with E-state index in [1.165, 1.54) is 0 Å². The number of aliphatic hydroxyl groups is 1. The highest BCUT2D eigenvalue weighted by Gasteiger charge is 2.09. The number of carbonyl (C=O) groups excluding carboxylic acids is 1. The van der Waals surface area contributed by atoms with Gasteiger partial charge in [0, 0.05) is 23.9 Å². The van der Waals surface area contributed by atoms with Gasteiger partial charge in [0.15, 0.2) is 0 Å². The smallest absolute Gasteiger partial charge is 0.354 e. The van der Waals surface area contributed by atoms with Crippen LogP contribution in [0.4, 0.5) is 0 Å². The number of fused-ring (bicyclic) bond motifs is 1. The van der Waals surface area contributed by atoms with Crippen molar-refractivity contribution in [2.75, 3.05) is 13.2 Å². The number of rotatable bonds is 4. The van der Waals surface area contributed by atoms with E-state index in [1.807, 2.05) is 24.3 Å². The van der Waals surface area contributed by atoms with Gasteiger partial charge in [-0.25, -0.2) is 4.79 Å². The Morgan fingerprint density at radius 2 is 2.19 bits per heavy atom. The van der Waals surface area contributed by atoms with Gasteiger partial charge in [0.05, 0.1) is 6.61 Å². The molecule has 4 nitrogen and oxygen atoms in total. The zero-order valence-corrected chi connectivity index (χ0v) is 8.77. The van der Waals surface area contributed by atoms with Crippen LogP contribution in [0.2, 0.25) is 0 Å². The summed E-state index contributed by atoms with van der Waals surface area (Å²) in [7, 11) is 0. The third kappa shape index (κ3) is 2.23. The number of para-hydroxylation sites is 1. The van der Waals surface area contributed by atoms with Gasteiger partial charge in [-0.3, -0.25) is 0 Å². The lowest BCUT2D eigenvalue weighted by molar-refractivity contribution is 0.0476. The molecule has 16 heavy (non-hydrogen) atoms. The summed E-state index contributed by atoms with van der Waals surface area (Å²) in [5, 5.41) is 9.55. The van der Waals surface area contributed by atoms with E-state index in [2.05, 4.69) is 4.98 Å². The first kappa shape index (κ1) is 10.7. The molecule has 1 heterocycles. The van der Waals surface area contributed by atoms with Crippen molar-refractivity contribution >= 4 is 16.9 Å². The number of benzene rings is 1. The van der Waals surface area contributed by atoms with Crippen molar-refractivity contribution in [3.05, 3.63) is 36.0 Å². The fraction of sp³-hybridized carbons (Fsp3) is 0.250. The maximum absolute atomic E-state index is 11.6. The standard InChI is InChI=1S/C12H13NO3/c14-6-3-7-16-12(15)11-8-9-4-1-2-5-10(9)13-11/h1-2,4-5,8,13-14H,3,6-7H2. The zero-order valence-electron chi connectivity index (χ0n) is 8.77. The lowest BCUT2D eigenvalue weighted by atomic mass is 10.2. The summed E-state index contributed by atoms with van der Waals surface area (Å²) < 4.78 is 4.97. The molecule has 0 amide bonds. The zero-order chi connectivity index (χ0) is 11.4. The first-order valence-corrected chi connectivity index (χ1v) is 5.17. The van der Waals surface area contributed by atoms with Crippen LogP contribution in [0.5, 0.6) is 0 Å². The molecule has 0 saturated carbocycles. The Bertz CT molecular complexity index is 457. The highest BCUT2D eigenvalue weighted by Crippen LogP contribution is 2.15. The fourth-order valence-electron chi connectivity index (χ4n) is 1.49. The number of hydrogen-bond acceptors (Lipinski definition) is 3. The van der Waals surface area contributed by atoms with Gasteiger partial charge in [-0.1, -0.05) is 18.2 Å². The van der Waals surface area contributed by atoms with Crippen LogP contribution in [0.15, 0.2) is 30.3 Å². The molecule has 0 spiro atoms. The first-order valence-electron chi connectivity index (χ1n) is 5.17. The minimum absolute atomic E-state index is 0.0278. The number of esters is 1. The van der Waals surface area contributed by atoms with E-state index in [4.69, 9.17) is 9.84 Å². The predicted octanol–water partition coefficient (Wildman–Crippen LogP) is 1.71. The van der Waals surface area contributed by atoms with Crippen molar-refractivity contribution in [2.45, 2.75) is 6.42 Å². The minimum Gasteiger partial charge on any atom is -0.461 e. The number of hydrogen-bond donors (Lipinski definition) is 2. The van der Waals surface area contributed by atoms with Crippen molar-refractivity contribution in [2.24, 2.45) is 0 Å². The van der Waals surface area contributed by atoms with Crippen molar-refractivity contribution in [1.82, 2.24) is 4.98 Å². The Morgan fingerprint density at radius 3 is 2.94 bits per heavy atom. The number of ether oxygens (including phenoxy) is 1. The average Bonchev–Trinajstić information content (AvgIpc) is 2.73. The first-order chi connectivity index (χ1) is 7.81. The highest BCUT2D eigenvalue weighted by atomic mass is 16.5. The van der Waals surface area contributed by atoms with E-state index in [1.54, 1.807) is 6.07 Å². The summed E-state index contributed by atoms with van der Waals surface area (Å²) in [6.07, 6.45) is 0.464. The Kier molecular flexibility index (Phi) is 3.22. The largest absolute Gasteiger partial charge is 0.461 e. The van der Waals surface area contributed by atoms with Crippen LogP contribution >= 0.6 is 0 Å². The molecule has 0 fully saturated rings. The summed E-state index contributed by atoms with van der Waals surface area (Å²) in [6, 6.07) is 9.41. The molecule has 1 aromatic heterocycles. The van der Waals surface area contributed by atoms with Crippen molar-refractivity contribution in [1.29, 1.82) is 0 Å². The van der Waals surface area contributed by atoms with E-state index in [9.17, 15) is 4.79 Å². The van der Waals surface area contributed by atoms with E-state index in [0.29, 0.717) is 12.1 Å². The summed E-state index contributed by atoms with van der Waals surface area (Å²) in [5.41, 5.74) is 1.36. The quantitative estimate of drug-likeness (QED) is 0.607. The summed E-state index contributed by atoms with van der Waals surface area (Å²) in [6.45, 7) is 0.269. The molecule has 2 aromatic rings. The van der Waals surface area contributed by atoms with Crippen LogP contribution in [0.25, 0.3) is 10.9 Å². The average molecular weight is 219 g/mol. The van der Waals surface area contributed by atoms with Gasteiger partial charge >= 0.3 is 5.97 Å². The van der Waals surface area contributed by atoms with E-state index >= 15 is 0 Å². The Balaban J connectivity index is 2.11. The molecular formula is C12H13NO3. The molecule has 0 radical (unpaired) electrons. The van der Waals surface area contributed by atoms with E-state index < -0.39 is 0 Å². The van der Waals surface area contributed by atoms with Crippen molar-refractivity contribution in [3.63, 3.8) is 0 Å². The molecule has 0 aliphatic carbocycles. The Hall–Kier alpha value is -1.81. The molecule has 2 rings (SSSR count). The van der Waals surface area contributed by atoms with Gasteiger partial charge in [-0.2, -0.15) is 0 Å². The molecule has 0 aliphatic heterocycles. The monoisotopic (exact) mass is 219 g/mol. The molecule has 0 aliphatic rings. The number of nitrogens with one attached hydrogen (secondary N) is 1. The lowest BCUT2D eigenvalue weighted by Gasteiger charge is -2.00. The van der Waals surface area contributed by atoms with Gasteiger partial charge < -0.3 is 14.8 Å². The Morgan fingerprint density at radius 1 is 1.38 bits per heavy atom. The van der Waals surface area contributed by atoms with Crippen LogP contribution < -0.4 is 0 Å². The molecule has 0 saturated heterocycles. The summed E-state index contributed by atoms with van der Waals surface area (Å²) in [5.74, 6) is -0.385. The Labute approximate surface area is 92.9 Å². The van der Waals surface area contributed by atoms with Crippen LogP contribution in [0.1, 0.15) is 16.9 Å². The molecular weight excluding hydrogens is 206 g/mol. The second-order valence-corrected chi connectivity index (χ2v) is 3.48. The van der Waals surface area contributed by atoms with Crippen LogP contribution in [-0.4, -0.2) is 29.3 Å². The van der Waals surface area contributed by atoms with Crippen LogP contribution in [-0.2, 0) is 4.74 Å². The number of aromatic nitrogens is 1. The minimum atomic E-state index is -0.385. The number of H-pyrrole nitrogens is 1. The molecule has 1 aromatic carbocycles. The van der Waals surface area contributed by atoms with E-state index in [-0.39, 0.29) is 19.2 Å². The second-order valence-electron chi connectivity index (χ2n) is 3.48. The third-order valence-corrected chi connectivity index (χ3v) is 2.29. The summed E-state index contributed by atoms with van der Waals surface area (Å²) >= 11 is 0. The normalized spacial score (nSPS) is 10.6. The third-order valence-electron chi connectivity index (χ3n) is 2.29. The van der Waals surface area contributed by atoms with Gasteiger partial charge in [-0.05, 0) is 12.1 Å². The van der Waals surface area contributed by atoms with Gasteiger partial charge in [0.2, 0.25) is 0 Å². The van der Waals surface area contributed by atoms with Crippen molar-refractivity contribution in [3.8, 4) is 0 Å². The molecule has 0 unspecified atom stereocenters. The number of carbonyl (C=O) groups is 1. The maximum atomic E-state index is 11.6. The van der Waals surface area contributed by atoms with Gasteiger partial charge in [0.1, 0.15) is 5.69 Å². The van der Waals surface area contributed by atoms with E-state index in [0.717, 1.165) is 10.9 Å². The molecule has 84 valence electrons. The molecule has 0 bridgehead atoms. The predicted molar refractivity (Wildman–Crippen MR) is 60.3 cm³/mol. The molecule has 0 atom stereocenters. The van der Waals surface area contributed by atoms with Gasteiger partial charge in [0.25, 0.3) is 0 Å². The fourth-order valence-corrected chi connectivity index (χ4v) is 1.49. The lowest BCUT2D eigenvalue weighted by Crippen LogP contribution is -2.07. The number of aromatic amines is 1. The number of aliphatic hydroxyl groups excluding tert-OH is 1. The second kappa shape index (κ2) is 4.81. The topological polar surface area (TPSA) is 62.3 Å². The summed E-state index contributed by atoms with van der Waals surface area (Å²) in [4.78, 5) is 14.5. The van der Waals surface area contributed by atoms with Crippen molar-refractivity contribution < 1.29 is 14.6 Å². The molecule has 4 heteroatoms. The van der Waals surface area contributed by atoms with Crippen LogP contribution in [0.3, 0.4) is 0 Å². The molecule has 2 N–H and O–H groups in total. The van der Waals surface area contributed by atoms with Gasteiger partial charge in [-0.15, -0.1) is 0 Å². The highest BCUT2D eigenvalue weighted by molar-refractivity contribution is 5.94. The SMILES string of the molecule is O=C(OCCCO)c1cc2ccccc2[nH]1. The maximum Gasteiger partial charge on any atom is 0.354 e. The van der Waals surface area contributed by atoms with Crippen LogP contribution in [0, 0.1) is 0 Å².